The van der Waals surface area contributed by atoms with Crippen LogP contribution >= 0.6 is 0 Å². The minimum absolute atomic E-state index is 0.0673. The van der Waals surface area contributed by atoms with E-state index in [-0.39, 0.29) is 18.2 Å². The Hall–Kier alpha value is -3.80. The van der Waals surface area contributed by atoms with E-state index in [9.17, 15) is 19.2 Å². The molecule has 2 aliphatic heterocycles. The smallest absolute Gasteiger partial charge is 0.245 e. The normalized spacial score (nSPS) is 19.4. The molecule has 0 spiro atoms. The number of nitrogens with one attached hydrogen (secondary N) is 3. The van der Waals surface area contributed by atoms with Gasteiger partial charge in [0.15, 0.2) is 0 Å². The average molecular weight is 690 g/mol. The number of nitrogens with zero attached hydrogens (tertiary/aromatic N) is 2. The third-order valence-corrected chi connectivity index (χ3v) is 10.1. The number of amides is 4. The number of likely N-dealkylation sites (tertiary alicyclic amines) is 2. The number of hydrogen-bond acceptors (Lipinski definition) is 7. The van der Waals surface area contributed by atoms with Gasteiger partial charge in [-0.1, -0.05) is 74.5 Å². The summed E-state index contributed by atoms with van der Waals surface area (Å²) in [6.07, 6.45) is 6.17. The molecule has 0 aliphatic carbocycles. The third kappa shape index (κ3) is 11.6. The summed E-state index contributed by atoms with van der Waals surface area (Å²) in [5.74, 6) is -1.40. The number of piperidine rings is 1. The molecule has 0 aromatic heterocycles. The SMILES string of the molecule is CC(C)C[C@@H](NC(=O)[C@@H](Cc1ccccc1)NC(=O)[C@H](N)Cc1ccccc1)C(=O)N[C@H](CCCN)C(=O)N1CCC(N2CCC[C@H]2C)CC1. The molecule has 0 saturated carbocycles. The zero-order chi connectivity index (χ0) is 36.0. The first-order chi connectivity index (χ1) is 24.0. The second-order valence-electron chi connectivity index (χ2n) is 14.5. The molecule has 0 radical (unpaired) electrons. The molecule has 2 heterocycles. The molecule has 4 rings (SSSR count). The monoisotopic (exact) mass is 689 g/mol. The fraction of sp³-hybridized carbons (Fsp3) is 0.590. The van der Waals surface area contributed by atoms with Crippen molar-refractivity contribution in [2.24, 2.45) is 17.4 Å². The van der Waals surface area contributed by atoms with Crippen LogP contribution in [0.2, 0.25) is 0 Å². The Kier molecular flexibility index (Phi) is 15.2. The standard InChI is InChI=1S/C39H59N7O4/c1-27(2)24-34(37(48)42-33(17-10-20-40)39(50)45-22-18-31(19-23-45)46-21-11-12-28(46)3)44-38(49)35(26-30-15-8-5-9-16-30)43-36(47)32(41)25-29-13-6-4-7-14-29/h4-9,13-16,27-28,31-35H,10-12,17-26,40-41H2,1-3H3,(H,42,48)(H,43,47)(H,44,49)/t28-,32-,33-,34-,35-/m1/s1. The Labute approximate surface area is 298 Å². The van der Waals surface area contributed by atoms with Crippen LogP contribution in [0.15, 0.2) is 60.7 Å². The van der Waals surface area contributed by atoms with E-state index in [1.165, 1.54) is 12.8 Å². The van der Waals surface area contributed by atoms with Crippen molar-refractivity contribution in [3.8, 4) is 0 Å². The summed E-state index contributed by atoms with van der Waals surface area (Å²) in [4.78, 5) is 59.4. The van der Waals surface area contributed by atoms with Gasteiger partial charge in [0, 0.05) is 31.6 Å². The Morgan fingerprint density at radius 2 is 1.32 bits per heavy atom. The lowest BCUT2D eigenvalue weighted by Crippen LogP contribution is -2.59. The molecule has 2 saturated heterocycles. The summed E-state index contributed by atoms with van der Waals surface area (Å²) in [6, 6.07) is 16.5. The Bertz CT molecular complexity index is 1370. The predicted octanol–water partition coefficient (Wildman–Crippen LogP) is 2.51. The van der Waals surface area contributed by atoms with Gasteiger partial charge in [-0.25, -0.2) is 0 Å². The molecular formula is C39H59N7O4. The summed E-state index contributed by atoms with van der Waals surface area (Å²) >= 11 is 0. The lowest BCUT2D eigenvalue weighted by atomic mass is 9.99. The molecule has 5 atom stereocenters. The number of rotatable bonds is 17. The van der Waals surface area contributed by atoms with Gasteiger partial charge < -0.3 is 32.3 Å². The van der Waals surface area contributed by atoms with E-state index in [4.69, 9.17) is 11.5 Å². The molecule has 50 heavy (non-hydrogen) atoms. The lowest BCUT2D eigenvalue weighted by Gasteiger charge is -2.39. The minimum atomic E-state index is -0.969. The average Bonchev–Trinajstić information content (AvgIpc) is 3.55. The summed E-state index contributed by atoms with van der Waals surface area (Å²) in [6.45, 7) is 9.06. The molecule has 2 fully saturated rings. The highest BCUT2D eigenvalue weighted by molar-refractivity contribution is 5.95. The van der Waals surface area contributed by atoms with Gasteiger partial charge in [-0.2, -0.15) is 0 Å². The van der Waals surface area contributed by atoms with Gasteiger partial charge in [0.05, 0.1) is 6.04 Å². The van der Waals surface area contributed by atoms with Crippen molar-refractivity contribution in [2.45, 2.75) is 115 Å². The number of benzene rings is 2. The maximum atomic E-state index is 13.9. The van der Waals surface area contributed by atoms with Gasteiger partial charge >= 0.3 is 0 Å². The zero-order valence-electron chi connectivity index (χ0n) is 30.2. The molecular weight excluding hydrogens is 630 g/mol. The van der Waals surface area contributed by atoms with Crippen LogP contribution in [0, 0.1) is 5.92 Å². The number of hydrogen-bond donors (Lipinski definition) is 5. The van der Waals surface area contributed by atoms with Crippen molar-refractivity contribution in [3.05, 3.63) is 71.8 Å². The predicted molar refractivity (Wildman–Crippen MR) is 197 cm³/mol. The molecule has 4 amide bonds. The van der Waals surface area contributed by atoms with Crippen LogP contribution in [-0.2, 0) is 32.0 Å². The quantitative estimate of drug-likeness (QED) is 0.171. The highest BCUT2D eigenvalue weighted by Gasteiger charge is 2.35. The maximum absolute atomic E-state index is 13.9. The molecule has 274 valence electrons. The third-order valence-electron chi connectivity index (χ3n) is 10.1. The second kappa shape index (κ2) is 19.6. The van der Waals surface area contributed by atoms with Crippen molar-refractivity contribution in [2.75, 3.05) is 26.2 Å². The van der Waals surface area contributed by atoms with Gasteiger partial charge in [-0.05, 0) is 88.4 Å². The Morgan fingerprint density at radius 3 is 1.88 bits per heavy atom. The Morgan fingerprint density at radius 1 is 0.760 bits per heavy atom. The molecule has 11 heteroatoms. The second-order valence-corrected chi connectivity index (χ2v) is 14.5. The van der Waals surface area contributed by atoms with Gasteiger partial charge in [0.2, 0.25) is 23.6 Å². The number of nitrogens with two attached hydrogens (primary N) is 2. The summed E-state index contributed by atoms with van der Waals surface area (Å²) in [7, 11) is 0. The van der Waals surface area contributed by atoms with Crippen LogP contribution in [0.25, 0.3) is 0 Å². The highest BCUT2D eigenvalue weighted by atomic mass is 16.2. The van der Waals surface area contributed by atoms with E-state index in [1.807, 2.05) is 79.4 Å². The molecule has 2 aliphatic rings. The van der Waals surface area contributed by atoms with Crippen LogP contribution in [0.5, 0.6) is 0 Å². The number of carbonyl (C=O) groups excluding carboxylic acids is 4. The van der Waals surface area contributed by atoms with E-state index in [2.05, 4.69) is 27.8 Å². The molecule has 7 N–H and O–H groups in total. The molecule has 2 aromatic carbocycles. The number of carbonyl (C=O) groups is 4. The van der Waals surface area contributed by atoms with Gasteiger partial charge in [-0.3, -0.25) is 24.1 Å². The zero-order valence-corrected chi connectivity index (χ0v) is 30.2. The topological polar surface area (TPSA) is 163 Å². The summed E-state index contributed by atoms with van der Waals surface area (Å²) in [5.41, 5.74) is 13.9. The van der Waals surface area contributed by atoms with E-state index in [1.54, 1.807) is 0 Å². The molecule has 0 bridgehead atoms. The van der Waals surface area contributed by atoms with E-state index in [0.717, 1.165) is 30.5 Å². The first-order valence-electron chi connectivity index (χ1n) is 18.5. The van der Waals surface area contributed by atoms with Gasteiger partial charge in [0.25, 0.3) is 0 Å². The fourth-order valence-electron chi connectivity index (χ4n) is 7.26. The van der Waals surface area contributed by atoms with Crippen molar-refractivity contribution in [1.82, 2.24) is 25.8 Å². The highest BCUT2D eigenvalue weighted by Crippen LogP contribution is 2.26. The van der Waals surface area contributed by atoms with Crippen molar-refractivity contribution >= 4 is 23.6 Å². The molecule has 11 nitrogen and oxygen atoms in total. The first-order valence-corrected chi connectivity index (χ1v) is 18.5. The first kappa shape index (κ1) is 39.0. The Balaban J connectivity index is 1.44. The fourth-order valence-corrected chi connectivity index (χ4v) is 7.26. The van der Waals surface area contributed by atoms with Gasteiger partial charge in [0.1, 0.15) is 18.1 Å². The van der Waals surface area contributed by atoms with Crippen LogP contribution in [0.3, 0.4) is 0 Å². The lowest BCUT2D eigenvalue weighted by molar-refractivity contribution is -0.139. The largest absolute Gasteiger partial charge is 0.343 e. The summed E-state index contributed by atoms with van der Waals surface area (Å²) < 4.78 is 0. The molecule has 2 aromatic rings. The van der Waals surface area contributed by atoms with Crippen LogP contribution in [0.4, 0.5) is 0 Å². The van der Waals surface area contributed by atoms with Crippen LogP contribution in [0.1, 0.15) is 76.8 Å². The van der Waals surface area contributed by atoms with Crippen molar-refractivity contribution < 1.29 is 19.2 Å². The van der Waals surface area contributed by atoms with Crippen LogP contribution in [-0.4, -0.2) is 95.9 Å². The van der Waals surface area contributed by atoms with Crippen molar-refractivity contribution in [3.63, 3.8) is 0 Å². The van der Waals surface area contributed by atoms with E-state index < -0.39 is 41.9 Å². The molecule has 0 unspecified atom stereocenters. The summed E-state index contributed by atoms with van der Waals surface area (Å²) in [5, 5.41) is 8.77. The van der Waals surface area contributed by atoms with E-state index >= 15 is 0 Å². The van der Waals surface area contributed by atoms with Gasteiger partial charge in [-0.15, -0.1) is 0 Å². The van der Waals surface area contributed by atoms with Crippen LogP contribution < -0.4 is 27.4 Å². The minimum Gasteiger partial charge on any atom is -0.343 e. The van der Waals surface area contributed by atoms with Crippen molar-refractivity contribution in [1.29, 1.82) is 0 Å². The van der Waals surface area contributed by atoms with E-state index in [0.29, 0.717) is 57.4 Å². The maximum Gasteiger partial charge on any atom is 0.245 e.